The van der Waals surface area contributed by atoms with Crippen LogP contribution in [0.5, 0.6) is 0 Å². The van der Waals surface area contributed by atoms with Gasteiger partial charge >= 0.3 is 5.97 Å². The minimum atomic E-state index is -0.383. The highest BCUT2D eigenvalue weighted by Gasteiger charge is 2.22. The molecule has 1 aliphatic carbocycles. The van der Waals surface area contributed by atoms with Gasteiger partial charge in [-0.05, 0) is 25.0 Å². The van der Waals surface area contributed by atoms with Gasteiger partial charge in [0.2, 0.25) is 11.9 Å². The third-order valence-corrected chi connectivity index (χ3v) is 4.57. The van der Waals surface area contributed by atoms with E-state index in [0.29, 0.717) is 12.0 Å². The molecule has 1 heterocycles. The summed E-state index contributed by atoms with van der Waals surface area (Å²) in [6.07, 6.45) is 6.05. The first kappa shape index (κ1) is 16.5. The summed E-state index contributed by atoms with van der Waals surface area (Å²) in [4.78, 5) is 28.0. The van der Waals surface area contributed by atoms with Gasteiger partial charge in [0.05, 0.1) is 24.6 Å². The van der Waals surface area contributed by atoms with Crippen LogP contribution in [0, 0.1) is 0 Å². The molecule has 3 rings (SSSR count). The van der Waals surface area contributed by atoms with Crippen molar-refractivity contribution in [1.29, 1.82) is 0 Å². The van der Waals surface area contributed by atoms with Gasteiger partial charge in [0, 0.05) is 12.5 Å². The number of aromatic nitrogens is 2. The molecule has 0 unspecified atom stereocenters. The van der Waals surface area contributed by atoms with Crippen LogP contribution in [0.25, 0.3) is 11.0 Å². The van der Waals surface area contributed by atoms with E-state index in [1.165, 1.54) is 26.4 Å². The van der Waals surface area contributed by atoms with E-state index in [1.54, 1.807) is 0 Å². The smallest absolute Gasteiger partial charge is 0.306 e. The van der Waals surface area contributed by atoms with E-state index in [-0.39, 0.29) is 24.7 Å². The monoisotopic (exact) mass is 329 g/mol. The Bertz CT molecular complexity index is 732. The highest BCUT2D eigenvalue weighted by molar-refractivity contribution is 5.93. The second-order valence-corrected chi connectivity index (χ2v) is 6.21. The lowest BCUT2D eigenvalue weighted by atomic mass is 9.95. The maximum absolute atomic E-state index is 12.2. The lowest BCUT2D eigenvalue weighted by Crippen LogP contribution is -2.20. The molecule has 0 bridgehead atoms. The average Bonchev–Trinajstić information content (AvgIpc) is 2.98. The van der Waals surface area contributed by atoms with Crippen molar-refractivity contribution in [2.75, 3.05) is 12.4 Å². The van der Waals surface area contributed by atoms with E-state index in [2.05, 4.69) is 19.6 Å². The SMILES string of the molecule is COC(=O)CCC(=O)Nc1nc2ccccc2n1C1CCCCC1. The number of para-hydroxylation sites is 2. The summed E-state index contributed by atoms with van der Waals surface area (Å²) in [6.45, 7) is 0. The van der Waals surface area contributed by atoms with Gasteiger partial charge in [-0.25, -0.2) is 4.98 Å². The molecule has 0 atom stereocenters. The molecular formula is C18H23N3O3. The number of benzene rings is 1. The summed E-state index contributed by atoms with van der Waals surface area (Å²) in [5.41, 5.74) is 1.93. The number of imidazole rings is 1. The molecular weight excluding hydrogens is 306 g/mol. The van der Waals surface area contributed by atoms with Gasteiger partial charge in [0.15, 0.2) is 0 Å². The molecule has 0 saturated heterocycles. The van der Waals surface area contributed by atoms with Crippen molar-refractivity contribution in [2.45, 2.75) is 51.0 Å². The topological polar surface area (TPSA) is 73.2 Å². The number of carbonyl (C=O) groups excluding carboxylic acids is 2. The zero-order valence-corrected chi connectivity index (χ0v) is 14.0. The van der Waals surface area contributed by atoms with Crippen LogP contribution in [0.1, 0.15) is 51.0 Å². The van der Waals surface area contributed by atoms with Gasteiger partial charge < -0.3 is 9.30 Å². The number of rotatable bonds is 5. The molecule has 6 nitrogen and oxygen atoms in total. The Hall–Kier alpha value is -2.37. The first-order valence-electron chi connectivity index (χ1n) is 8.52. The number of carbonyl (C=O) groups is 2. The molecule has 1 aliphatic rings. The highest BCUT2D eigenvalue weighted by atomic mass is 16.5. The van der Waals surface area contributed by atoms with Crippen molar-refractivity contribution in [3.8, 4) is 0 Å². The van der Waals surface area contributed by atoms with E-state index in [4.69, 9.17) is 0 Å². The summed E-state index contributed by atoms with van der Waals surface area (Å²) in [5, 5.41) is 2.88. The Morgan fingerprint density at radius 1 is 1.21 bits per heavy atom. The third kappa shape index (κ3) is 3.58. The molecule has 1 saturated carbocycles. The molecule has 2 aromatic rings. The fourth-order valence-corrected chi connectivity index (χ4v) is 3.35. The predicted octanol–water partition coefficient (Wildman–Crippen LogP) is 3.43. The lowest BCUT2D eigenvalue weighted by Gasteiger charge is -2.25. The number of nitrogens with one attached hydrogen (secondary N) is 1. The maximum atomic E-state index is 12.2. The zero-order valence-electron chi connectivity index (χ0n) is 14.0. The fraction of sp³-hybridized carbons (Fsp3) is 0.500. The van der Waals surface area contributed by atoms with E-state index in [1.807, 2.05) is 24.3 Å². The van der Waals surface area contributed by atoms with Crippen LogP contribution in [-0.2, 0) is 14.3 Å². The number of methoxy groups -OCH3 is 1. The highest BCUT2D eigenvalue weighted by Crippen LogP contribution is 2.34. The van der Waals surface area contributed by atoms with Crippen molar-refractivity contribution < 1.29 is 14.3 Å². The first-order chi connectivity index (χ1) is 11.7. The van der Waals surface area contributed by atoms with Gasteiger partial charge in [-0.3, -0.25) is 14.9 Å². The molecule has 6 heteroatoms. The minimum Gasteiger partial charge on any atom is -0.469 e. The molecule has 1 aromatic carbocycles. The number of anilines is 1. The van der Waals surface area contributed by atoms with Crippen molar-refractivity contribution in [2.24, 2.45) is 0 Å². The van der Waals surface area contributed by atoms with E-state index in [0.717, 1.165) is 23.9 Å². The van der Waals surface area contributed by atoms with Crippen LogP contribution in [0.3, 0.4) is 0 Å². The van der Waals surface area contributed by atoms with Crippen LogP contribution in [0.15, 0.2) is 24.3 Å². The summed E-state index contributed by atoms with van der Waals surface area (Å²) >= 11 is 0. The van der Waals surface area contributed by atoms with Crippen molar-refractivity contribution in [3.05, 3.63) is 24.3 Å². The summed E-state index contributed by atoms with van der Waals surface area (Å²) < 4.78 is 6.74. The average molecular weight is 329 g/mol. The second kappa shape index (κ2) is 7.47. The molecule has 24 heavy (non-hydrogen) atoms. The van der Waals surface area contributed by atoms with E-state index in [9.17, 15) is 9.59 Å². The molecule has 1 fully saturated rings. The van der Waals surface area contributed by atoms with Gasteiger partial charge in [-0.1, -0.05) is 31.4 Å². The number of hydrogen-bond acceptors (Lipinski definition) is 4. The van der Waals surface area contributed by atoms with Gasteiger partial charge in [-0.15, -0.1) is 0 Å². The van der Waals surface area contributed by atoms with Crippen LogP contribution >= 0.6 is 0 Å². The van der Waals surface area contributed by atoms with Gasteiger partial charge in [-0.2, -0.15) is 0 Å². The molecule has 1 N–H and O–H groups in total. The van der Waals surface area contributed by atoms with Crippen LogP contribution in [0.2, 0.25) is 0 Å². The quantitative estimate of drug-likeness (QED) is 0.853. The lowest BCUT2D eigenvalue weighted by molar-refractivity contribution is -0.141. The van der Waals surface area contributed by atoms with E-state index >= 15 is 0 Å². The Labute approximate surface area is 141 Å². The van der Waals surface area contributed by atoms with Crippen LogP contribution < -0.4 is 5.32 Å². The number of fused-ring (bicyclic) bond motifs is 1. The molecule has 128 valence electrons. The summed E-state index contributed by atoms with van der Waals surface area (Å²) in [5.74, 6) is -0.0170. The van der Waals surface area contributed by atoms with Crippen molar-refractivity contribution in [3.63, 3.8) is 0 Å². The fourth-order valence-electron chi connectivity index (χ4n) is 3.35. The number of nitrogens with zero attached hydrogens (tertiary/aromatic N) is 2. The van der Waals surface area contributed by atoms with E-state index < -0.39 is 0 Å². The largest absolute Gasteiger partial charge is 0.469 e. The molecule has 0 aliphatic heterocycles. The second-order valence-electron chi connectivity index (χ2n) is 6.21. The standard InChI is InChI=1S/C18H23N3O3/c1-24-17(23)12-11-16(22)20-18-19-14-9-5-6-10-15(14)21(18)13-7-3-2-4-8-13/h5-6,9-10,13H,2-4,7-8,11-12H2,1H3,(H,19,20,22). The number of ether oxygens (including phenoxy) is 1. The Morgan fingerprint density at radius 2 is 1.96 bits per heavy atom. The third-order valence-electron chi connectivity index (χ3n) is 4.57. The van der Waals surface area contributed by atoms with Gasteiger partial charge in [0.1, 0.15) is 0 Å². The maximum Gasteiger partial charge on any atom is 0.306 e. The van der Waals surface area contributed by atoms with Crippen molar-refractivity contribution in [1.82, 2.24) is 9.55 Å². The molecule has 1 amide bonds. The van der Waals surface area contributed by atoms with Crippen LogP contribution in [0.4, 0.5) is 5.95 Å². The predicted molar refractivity (Wildman–Crippen MR) is 91.7 cm³/mol. The zero-order chi connectivity index (χ0) is 16.9. The van der Waals surface area contributed by atoms with Crippen LogP contribution in [-0.4, -0.2) is 28.5 Å². The van der Waals surface area contributed by atoms with Gasteiger partial charge in [0.25, 0.3) is 0 Å². The normalized spacial score (nSPS) is 15.4. The number of amides is 1. The molecule has 1 aromatic heterocycles. The minimum absolute atomic E-state index is 0.0754. The first-order valence-corrected chi connectivity index (χ1v) is 8.52. The Balaban J connectivity index is 1.83. The Kier molecular flexibility index (Phi) is 5.13. The number of hydrogen-bond donors (Lipinski definition) is 1. The molecule has 0 spiro atoms. The summed E-state index contributed by atoms with van der Waals surface area (Å²) in [7, 11) is 1.32. The number of esters is 1. The Morgan fingerprint density at radius 3 is 2.71 bits per heavy atom. The van der Waals surface area contributed by atoms with Crippen molar-refractivity contribution >= 4 is 28.9 Å². The summed E-state index contributed by atoms with van der Waals surface area (Å²) in [6, 6.07) is 8.30. The molecule has 0 radical (unpaired) electrons.